The van der Waals surface area contributed by atoms with Gasteiger partial charge in [-0.2, -0.15) is 10.8 Å². The Labute approximate surface area is 120 Å². The average Bonchev–Trinajstić information content (AvgIpc) is 2.49. The van der Waals surface area contributed by atoms with E-state index in [4.69, 9.17) is 10.8 Å². The number of benzene rings is 1. The van der Waals surface area contributed by atoms with Crippen molar-refractivity contribution in [3.05, 3.63) is 29.2 Å². The zero-order chi connectivity index (χ0) is 15.1. The molecule has 0 spiro atoms. The Bertz CT molecular complexity index is 410. The van der Waals surface area contributed by atoms with E-state index in [1.165, 1.54) is 5.01 Å². The molecule has 2 atom stereocenters. The monoisotopic (exact) mass is 280 g/mol. The van der Waals surface area contributed by atoms with Crippen molar-refractivity contribution in [2.45, 2.75) is 52.6 Å². The van der Waals surface area contributed by atoms with Gasteiger partial charge in [-0.3, -0.25) is 0 Å². The van der Waals surface area contributed by atoms with E-state index in [0.717, 1.165) is 24.2 Å². The van der Waals surface area contributed by atoms with Crippen LogP contribution in [0.4, 0.5) is 11.4 Å². The number of anilines is 2. The number of nitrogens with two attached hydrogens (primary N) is 1. The lowest BCUT2D eigenvalue weighted by Gasteiger charge is -2.27. The maximum absolute atomic E-state index is 11.0. The van der Waals surface area contributed by atoms with Gasteiger partial charge in [0.25, 0.3) is 0 Å². The molecule has 1 aromatic carbocycles. The molecule has 0 aliphatic heterocycles. The van der Waals surface area contributed by atoms with E-state index in [0.29, 0.717) is 0 Å². The Morgan fingerprint density at radius 2 is 1.60 bits per heavy atom. The lowest BCUT2D eigenvalue weighted by molar-refractivity contribution is 0.0900. The van der Waals surface area contributed by atoms with E-state index < -0.39 is 0 Å². The topological polar surface area (TPSA) is 71.2 Å². The van der Waals surface area contributed by atoms with Crippen molar-refractivity contribution < 1.29 is 4.94 Å². The zero-order valence-corrected chi connectivity index (χ0v) is 12.6. The van der Waals surface area contributed by atoms with Gasteiger partial charge in [-0.15, -0.1) is 4.91 Å². The van der Waals surface area contributed by atoms with Crippen LogP contribution < -0.4 is 16.0 Å². The van der Waals surface area contributed by atoms with Crippen molar-refractivity contribution in [2.24, 2.45) is 11.2 Å². The Hall–Kier alpha value is -1.66. The van der Waals surface area contributed by atoms with Crippen LogP contribution in [0.5, 0.6) is 0 Å². The zero-order valence-electron chi connectivity index (χ0n) is 12.6. The van der Waals surface area contributed by atoms with E-state index in [-0.39, 0.29) is 12.1 Å². The first kappa shape index (κ1) is 16.4. The Morgan fingerprint density at radius 1 is 1.10 bits per heavy atom. The average molecular weight is 280 g/mol. The van der Waals surface area contributed by atoms with E-state index in [1.807, 2.05) is 45.0 Å². The number of hydroxylamine groups is 1. The van der Waals surface area contributed by atoms with Crippen LogP contribution in [0.2, 0.25) is 0 Å². The van der Waals surface area contributed by atoms with Gasteiger partial charge in [0.15, 0.2) is 0 Å². The fraction of sp³-hybridized carbons (Fsp3) is 0.571. The van der Waals surface area contributed by atoms with E-state index in [2.05, 4.69) is 12.2 Å². The molecule has 0 amide bonds. The molecular weight excluding hydrogens is 256 g/mol. The van der Waals surface area contributed by atoms with E-state index >= 15 is 0 Å². The standard InChI is InChI=1S/C14H24N4O2/c1-5-11(3)17(16-19)13-7-9-14(10-8-13)18(20-15)12(4)6-2/h7-12H,5-6,15H2,1-4H3. The van der Waals surface area contributed by atoms with Gasteiger partial charge >= 0.3 is 0 Å². The van der Waals surface area contributed by atoms with Crippen molar-refractivity contribution in [1.82, 2.24) is 0 Å². The lowest BCUT2D eigenvalue weighted by atomic mass is 10.2. The SMILES string of the molecule is CCC(C)N(N=O)c1ccc(N(ON)C(C)CC)cc1. The molecule has 0 aromatic heterocycles. The van der Waals surface area contributed by atoms with Crippen LogP contribution in [-0.4, -0.2) is 12.1 Å². The summed E-state index contributed by atoms with van der Waals surface area (Å²) in [5.41, 5.74) is 1.61. The highest BCUT2D eigenvalue weighted by Crippen LogP contribution is 2.24. The molecule has 0 saturated carbocycles. The maximum atomic E-state index is 11.0. The summed E-state index contributed by atoms with van der Waals surface area (Å²) in [7, 11) is 0. The number of hydrogen-bond donors (Lipinski definition) is 1. The Morgan fingerprint density at radius 3 is 2.00 bits per heavy atom. The number of nitrogens with zero attached hydrogens (tertiary/aromatic N) is 3. The van der Waals surface area contributed by atoms with Crippen LogP contribution >= 0.6 is 0 Å². The summed E-state index contributed by atoms with van der Waals surface area (Å²) in [5, 5.41) is 6.21. The third-order valence-electron chi connectivity index (χ3n) is 3.57. The van der Waals surface area contributed by atoms with Crippen LogP contribution in [0.3, 0.4) is 0 Å². The van der Waals surface area contributed by atoms with Crippen LogP contribution in [0.15, 0.2) is 29.6 Å². The summed E-state index contributed by atoms with van der Waals surface area (Å²) in [5.74, 6) is 5.32. The number of rotatable bonds is 8. The molecule has 1 aromatic rings. The smallest absolute Gasteiger partial charge is 0.0660 e. The van der Waals surface area contributed by atoms with Crippen molar-refractivity contribution >= 4 is 11.4 Å². The number of nitroso groups, excluding NO2 is 1. The highest BCUT2D eigenvalue weighted by molar-refractivity contribution is 5.55. The predicted molar refractivity (Wildman–Crippen MR) is 82.0 cm³/mol. The first-order valence-electron chi connectivity index (χ1n) is 6.97. The summed E-state index contributed by atoms with van der Waals surface area (Å²) in [6, 6.07) is 7.66. The molecule has 6 heteroatoms. The molecule has 2 unspecified atom stereocenters. The molecule has 1 rings (SSSR count). The molecule has 0 aliphatic carbocycles. The van der Waals surface area contributed by atoms with Gasteiger partial charge in [0.2, 0.25) is 0 Å². The minimum absolute atomic E-state index is 0.0646. The van der Waals surface area contributed by atoms with Gasteiger partial charge in [-0.05, 0) is 51.0 Å². The molecule has 0 bridgehead atoms. The molecular formula is C14H24N4O2. The maximum Gasteiger partial charge on any atom is 0.0660 e. The highest BCUT2D eigenvalue weighted by Gasteiger charge is 2.16. The third-order valence-corrected chi connectivity index (χ3v) is 3.57. The van der Waals surface area contributed by atoms with Crippen molar-refractivity contribution in [2.75, 3.05) is 10.1 Å². The van der Waals surface area contributed by atoms with E-state index in [1.54, 1.807) is 5.06 Å². The van der Waals surface area contributed by atoms with E-state index in [9.17, 15) is 4.91 Å². The van der Waals surface area contributed by atoms with Crippen molar-refractivity contribution in [3.63, 3.8) is 0 Å². The van der Waals surface area contributed by atoms with Crippen LogP contribution in [0.25, 0.3) is 0 Å². The summed E-state index contributed by atoms with van der Waals surface area (Å²) in [4.78, 5) is 15.9. The van der Waals surface area contributed by atoms with Gasteiger partial charge in [0.05, 0.1) is 28.7 Å². The molecule has 6 nitrogen and oxygen atoms in total. The molecule has 2 N–H and O–H groups in total. The first-order chi connectivity index (χ1) is 9.58. The predicted octanol–water partition coefficient (Wildman–Crippen LogP) is 3.38. The van der Waals surface area contributed by atoms with Crippen LogP contribution in [0, 0.1) is 4.91 Å². The van der Waals surface area contributed by atoms with Crippen LogP contribution in [0.1, 0.15) is 40.5 Å². The quantitative estimate of drug-likeness (QED) is 0.584. The van der Waals surface area contributed by atoms with Crippen molar-refractivity contribution in [3.8, 4) is 0 Å². The highest BCUT2D eigenvalue weighted by atomic mass is 16.8. The molecule has 112 valence electrons. The summed E-state index contributed by atoms with van der Waals surface area (Å²) in [6.07, 6.45) is 1.76. The fourth-order valence-corrected chi connectivity index (χ4v) is 1.89. The molecule has 0 fully saturated rings. The fourth-order valence-electron chi connectivity index (χ4n) is 1.89. The summed E-state index contributed by atoms with van der Waals surface area (Å²) < 4.78 is 0. The molecule has 0 aliphatic rings. The lowest BCUT2D eigenvalue weighted by Crippen LogP contribution is -2.35. The van der Waals surface area contributed by atoms with Gasteiger partial charge in [0.1, 0.15) is 0 Å². The summed E-state index contributed by atoms with van der Waals surface area (Å²) >= 11 is 0. The van der Waals surface area contributed by atoms with Crippen LogP contribution in [-0.2, 0) is 4.94 Å². The van der Waals surface area contributed by atoms with Crippen molar-refractivity contribution in [1.29, 1.82) is 0 Å². The third kappa shape index (κ3) is 3.68. The molecule has 0 radical (unpaired) electrons. The second-order valence-corrected chi connectivity index (χ2v) is 4.89. The molecule has 20 heavy (non-hydrogen) atoms. The largest absolute Gasteiger partial charge is 0.232 e. The first-order valence-corrected chi connectivity index (χ1v) is 6.97. The Balaban J connectivity index is 2.94. The second-order valence-electron chi connectivity index (χ2n) is 4.89. The minimum atomic E-state index is 0.0646. The summed E-state index contributed by atoms with van der Waals surface area (Å²) in [6.45, 7) is 8.07. The second kappa shape index (κ2) is 7.81. The van der Waals surface area contributed by atoms with Gasteiger partial charge in [0, 0.05) is 0 Å². The number of hydrogen-bond acceptors (Lipinski definition) is 5. The van der Waals surface area contributed by atoms with Gasteiger partial charge < -0.3 is 0 Å². The normalized spacial score (nSPS) is 13.7. The molecule has 0 heterocycles. The van der Waals surface area contributed by atoms with Gasteiger partial charge in [-0.25, -0.2) is 10.1 Å². The van der Waals surface area contributed by atoms with Gasteiger partial charge in [-0.1, -0.05) is 13.8 Å². The minimum Gasteiger partial charge on any atom is -0.232 e. The Kier molecular flexibility index (Phi) is 6.41. The molecule has 0 saturated heterocycles.